The highest BCUT2D eigenvalue weighted by Crippen LogP contribution is 2.23. The smallest absolute Gasteiger partial charge is 0.270 e. The first kappa shape index (κ1) is 20.5. The summed E-state index contributed by atoms with van der Waals surface area (Å²) in [5.41, 5.74) is 2.80. The van der Waals surface area contributed by atoms with Gasteiger partial charge >= 0.3 is 0 Å². The lowest BCUT2D eigenvalue weighted by molar-refractivity contribution is 0.0423. The second-order valence-electron chi connectivity index (χ2n) is 8.55. The summed E-state index contributed by atoms with van der Waals surface area (Å²) in [4.78, 5) is 22.8. The molecule has 2 saturated heterocycles. The van der Waals surface area contributed by atoms with Gasteiger partial charge in [-0.15, -0.1) is 0 Å². The fraction of sp³-hybridized carbons (Fsp3) is 0.375. The summed E-state index contributed by atoms with van der Waals surface area (Å²) in [5, 5.41) is 12.5. The molecular formula is C24H27ClN4O2. The average molecular weight is 439 g/mol. The number of nitrogens with one attached hydrogen (secondary N) is 1. The first-order valence-corrected chi connectivity index (χ1v) is 11.2. The molecule has 2 atom stereocenters. The van der Waals surface area contributed by atoms with E-state index in [1.165, 1.54) is 5.56 Å². The van der Waals surface area contributed by atoms with E-state index < -0.39 is 6.10 Å². The number of benzene rings is 2. The topological polar surface area (TPSA) is 62.8 Å². The van der Waals surface area contributed by atoms with Gasteiger partial charge in [0.05, 0.1) is 12.1 Å². The zero-order valence-corrected chi connectivity index (χ0v) is 18.1. The standard InChI is InChI=1S/C24H27ClN4O2/c25-19-7-5-17(6-8-19)14-27-9-11-28(12-10-27)22-15-29(16-23(22)30)24(31)21-13-18-3-1-2-4-20(18)26-21/h1-8,13,22-23,26,30H,9-12,14-16H2. The molecule has 0 aliphatic carbocycles. The van der Waals surface area contributed by atoms with Gasteiger partial charge in [0.1, 0.15) is 5.69 Å². The molecule has 1 amide bonds. The summed E-state index contributed by atoms with van der Waals surface area (Å²) < 4.78 is 0. The third-order valence-electron chi connectivity index (χ3n) is 6.50. The van der Waals surface area contributed by atoms with Gasteiger partial charge in [0.15, 0.2) is 0 Å². The zero-order valence-electron chi connectivity index (χ0n) is 17.4. The molecule has 5 rings (SSSR count). The van der Waals surface area contributed by atoms with Gasteiger partial charge in [-0.3, -0.25) is 14.6 Å². The molecule has 31 heavy (non-hydrogen) atoms. The van der Waals surface area contributed by atoms with Crippen molar-refractivity contribution in [1.29, 1.82) is 0 Å². The van der Waals surface area contributed by atoms with E-state index in [-0.39, 0.29) is 11.9 Å². The molecule has 7 heteroatoms. The number of aliphatic hydroxyl groups excluding tert-OH is 1. The maximum absolute atomic E-state index is 13.0. The first-order valence-electron chi connectivity index (χ1n) is 10.8. The molecule has 2 aliphatic rings. The summed E-state index contributed by atoms with van der Waals surface area (Å²) in [6.07, 6.45) is -0.517. The van der Waals surface area contributed by atoms with Gasteiger partial charge in [0.25, 0.3) is 5.91 Å². The Balaban J connectivity index is 1.18. The Morgan fingerprint density at radius 1 is 1.03 bits per heavy atom. The molecule has 2 fully saturated rings. The van der Waals surface area contributed by atoms with Crippen molar-refractivity contribution < 1.29 is 9.90 Å². The van der Waals surface area contributed by atoms with Crippen LogP contribution in [0.2, 0.25) is 5.02 Å². The maximum Gasteiger partial charge on any atom is 0.270 e. The number of halogens is 1. The van der Waals surface area contributed by atoms with Crippen molar-refractivity contribution in [3.05, 3.63) is 70.9 Å². The fourth-order valence-corrected chi connectivity index (χ4v) is 4.88. The lowest BCUT2D eigenvalue weighted by Gasteiger charge is -2.38. The number of carbonyl (C=O) groups excluding carboxylic acids is 1. The number of piperazine rings is 1. The van der Waals surface area contributed by atoms with Gasteiger partial charge in [-0.25, -0.2) is 0 Å². The highest BCUT2D eigenvalue weighted by atomic mass is 35.5. The molecule has 3 heterocycles. The van der Waals surface area contributed by atoms with Crippen LogP contribution in [-0.4, -0.2) is 82.1 Å². The van der Waals surface area contributed by atoms with Gasteiger partial charge in [-0.1, -0.05) is 41.9 Å². The number of nitrogens with zero attached hydrogens (tertiary/aromatic N) is 3. The van der Waals surface area contributed by atoms with Crippen molar-refractivity contribution in [2.75, 3.05) is 39.3 Å². The van der Waals surface area contributed by atoms with Crippen molar-refractivity contribution in [1.82, 2.24) is 19.7 Å². The number of carbonyl (C=O) groups is 1. The predicted molar refractivity (Wildman–Crippen MR) is 122 cm³/mol. The molecule has 0 bridgehead atoms. The normalized spacial score (nSPS) is 23.0. The largest absolute Gasteiger partial charge is 0.390 e. The summed E-state index contributed by atoms with van der Waals surface area (Å²) in [6, 6.07) is 17.8. The molecule has 0 spiro atoms. The monoisotopic (exact) mass is 438 g/mol. The summed E-state index contributed by atoms with van der Waals surface area (Å²) in [7, 11) is 0. The number of para-hydroxylation sites is 1. The Hall–Kier alpha value is -2.38. The van der Waals surface area contributed by atoms with Gasteiger partial charge in [0, 0.05) is 61.7 Å². The number of hydrogen-bond acceptors (Lipinski definition) is 4. The van der Waals surface area contributed by atoms with E-state index >= 15 is 0 Å². The summed E-state index contributed by atoms with van der Waals surface area (Å²) >= 11 is 5.98. The number of H-pyrrole nitrogens is 1. The molecule has 2 aliphatic heterocycles. The van der Waals surface area contributed by atoms with Crippen LogP contribution < -0.4 is 0 Å². The van der Waals surface area contributed by atoms with Gasteiger partial charge in [-0.05, 0) is 29.8 Å². The minimum atomic E-state index is -0.517. The van der Waals surface area contributed by atoms with E-state index in [4.69, 9.17) is 11.6 Å². The van der Waals surface area contributed by atoms with E-state index in [9.17, 15) is 9.90 Å². The van der Waals surface area contributed by atoms with Gasteiger partial charge in [0.2, 0.25) is 0 Å². The molecule has 6 nitrogen and oxygen atoms in total. The lowest BCUT2D eigenvalue weighted by Crippen LogP contribution is -2.53. The Kier molecular flexibility index (Phi) is 5.71. The van der Waals surface area contributed by atoms with Crippen LogP contribution >= 0.6 is 11.6 Å². The number of hydrogen-bond donors (Lipinski definition) is 2. The molecule has 162 valence electrons. The minimum absolute atomic E-state index is 0.00832. The van der Waals surface area contributed by atoms with Crippen LogP contribution in [0, 0.1) is 0 Å². The molecule has 0 radical (unpaired) electrons. The molecule has 3 aromatic rings. The Labute approximate surface area is 187 Å². The summed E-state index contributed by atoms with van der Waals surface area (Å²) in [6.45, 7) is 5.52. The van der Waals surface area contributed by atoms with Crippen LogP contribution in [0.5, 0.6) is 0 Å². The number of aromatic nitrogens is 1. The molecular weight excluding hydrogens is 412 g/mol. The van der Waals surface area contributed by atoms with Gasteiger partial charge < -0.3 is 15.0 Å². The van der Waals surface area contributed by atoms with Crippen LogP contribution in [0.15, 0.2) is 54.6 Å². The van der Waals surface area contributed by atoms with E-state index in [0.717, 1.165) is 48.6 Å². The molecule has 2 aromatic carbocycles. The lowest BCUT2D eigenvalue weighted by atomic mass is 10.1. The summed E-state index contributed by atoms with van der Waals surface area (Å²) in [5.74, 6) is -0.0425. The van der Waals surface area contributed by atoms with E-state index in [2.05, 4.69) is 26.9 Å². The van der Waals surface area contributed by atoms with E-state index in [0.29, 0.717) is 18.8 Å². The molecule has 1 aromatic heterocycles. The minimum Gasteiger partial charge on any atom is -0.390 e. The zero-order chi connectivity index (χ0) is 21.4. The Bertz CT molecular complexity index is 1030. The number of amides is 1. The van der Waals surface area contributed by atoms with Gasteiger partial charge in [-0.2, -0.15) is 0 Å². The van der Waals surface area contributed by atoms with Crippen LogP contribution in [0.4, 0.5) is 0 Å². The molecule has 2 unspecified atom stereocenters. The van der Waals surface area contributed by atoms with Crippen molar-refractivity contribution >= 4 is 28.4 Å². The SMILES string of the molecule is O=C(c1cc2ccccc2[nH]1)N1CC(O)C(N2CCN(Cc3ccc(Cl)cc3)CC2)C1. The van der Waals surface area contributed by atoms with Crippen LogP contribution in [0.3, 0.4) is 0 Å². The number of aromatic amines is 1. The molecule has 2 N–H and O–H groups in total. The van der Waals surface area contributed by atoms with E-state index in [1.54, 1.807) is 4.90 Å². The molecule has 0 saturated carbocycles. The van der Waals surface area contributed by atoms with Crippen molar-refractivity contribution in [3.63, 3.8) is 0 Å². The quantitative estimate of drug-likeness (QED) is 0.657. The number of β-amino-alcohol motifs (C(OH)–C–C–N with tert-alkyl or cyclic N) is 1. The van der Waals surface area contributed by atoms with E-state index in [1.807, 2.05) is 42.5 Å². The number of likely N-dealkylation sites (tertiary alicyclic amines) is 1. The first-order chi connectivity index (χ1) is 15.1. The fourth-order valence-electron chi connectivity index (χ4n) is 4.75. The van der Waals surface area contributed by atoms with Crippen LogP contribution in [-0.2, 0) is 6.54 Å². The third-order valence-corrected chi connectivity index (χ3v) is 6.75. The third kappa shape index (κ3) is 4.34. The predicted octanol–water partition coefficient (Wildman–Crippen LogP) is 2.82. The average Bonchev–Trinajstić information content (AvgIpc) is 3.39. The highest BCUT2D eigenvalue weighted by molar-refractivity contribution is 6.30. The second-order valence-corrected chi connectivity index (χ2v) is 8.99. The highest BCUT2D eigenvalue weighted by Gasteiger charge is 2.39. The number of aliphatic hydroxyl groups is 1. The van der Waals surface area contributed by atoms with Crippen LogP contribution in [0.1, 0.15) is 16.1 Å². The van der Waals surface area contributed by atoms with Crippen molar-refractivity contribution in [2.24, 2.45) is 0 Å². The number of rotatable bonds is 4. The van der Waals surface area contributed by atoms with Crippen molar-refractivity contribution in [2.45, 2.75) is 18.7 Å². The number of fused-ring (bicyclic) bond motifs is 1. The second kappa shape index (κ2) is 8.63. The van der Waals surface area contributed by atoms with Crippen LogP contribution in [0.25, 0.3) is 10.9 Å². The maximum atomic E-state index is 13.0. The Morgan fingerprint density at radius 2 is 1.77 bits per heavy atom. The van der Waals surface area contributed by atoms with Crippen molar-refractivity contribution in [3.8, 4) is 0 Å². The Morgan fingerprint density at radius 3 is 2.52 bits per heavy atom.